The Kier molecular flexibility index (Phi) is 4.53. The van der Waals surface area contributed by atoms with Crippen LogP contribution in [0.25, 0.3) is 0 Å². The zero-order chi connectivity index (χ0) is 12.9. The number of nitro groups is 1. The summed E-state index contributed by atoms with van der Waals surface area (Å²) < 4.78 is 0. The Hall–Kier alpha value is -1.54. The molecule has 4 nitrogen and oxygen atoms in total. The van der Waals surface area contributed by atoms with E-state index in [1.807, 2.05) is 13.8 Å². The van der Waals surface area contributed by atoms with Crippen molar-refractivity contribution in [3.8, 4) is 6.07 Å². The molecule has 1 aromatic carbocycles. The van der Waals surface area contributed by atoms with Gasteiger partial charge >= 0.3 is 0 Å². The van der Waals surface area contributed by atoms with Gasteiger partial charge in [0.2, 0.25) is 0 Å². The van der Waals surface area contributed by atoms with Gasteiger partial charge in [0, 0.05) is 6.07 Å². The molecule has 0 saturated carbocycles. The fourth-order valence-corrected chi connectivity index (χ4v) is 2.50. The molecule has 0 amide bonds. The van der Waals surface area contributed by atoms with E-state index in [1.54, 1.807) is 18.2 Å². The molecule has 0 saturated heterocycles. The monoisotopic (exact) mass is 250 g/mol. The predicted octanol–water partition coefficient (Wildman–Crippen LogP) is 3.63. The van der Waals surface area contributed by atoms with Crippen molar-refractivity contribution in [3.05, 3.63) is 34.4 Å². The summed E-state index contributed by atoms with van der Waals surface area (Å²) in [5, 5.41) is 19.6. The van der Waals surface area contributed by atoms with Crippen LogP contribution in [-0.2, 0) is 0 Å². The van der Waals surface area contributed by atoms with Gasteiger partial charge in [0.1, 0.15) is 0 Å². The van der Waals surface area contributed by atoms with E-state index < -0.39 is 0 Å². The van der Waals surface area contributed by atoms with Gasteiger partial charge in [-0.25, -0.2) is 0 Å². The minimum absolute atomic E-state index is 0.132. The number of para-hydroxylation sites is 1. The van der Waals surface area contributed by atoms with Crippen molar-refractivity contribution in [1.29, 1.82) is 5.26 Å². The van der Waals surface area contributed by atoms with Crippen molar-refractivity contribution in [1.82, 2.24) is 0 Å². The summed E-state index contributed by atoms with van der Waals surface area (Å²) in [5.41, 5.74) is -0.247. The molecule has 1 rings (SSSR count). The van der Waals surface area contributed by atoms with Gasteiger partial charge in [0.15, 0.2) is 0 Å². The number of thioether (sulfide) groups is 1. The summed E-state index contributed by atoms with van der Waals surface area (Å²) in [4.78, 5) is 11.1. The smallest absolute Gasteiger partial charge is 0.258 e. The van der Waals surface area contributed by atoms with Crippen molar-refractivity contribution in [3.63, 3.8) is 0 Å². The molecule has 90 valence electrons. The molecule has 0 heterocycles. The maximum atomic E-state index is 10.8. The summed E-state index contributed by atoms with van der Waals surface area (Å²) in [6.45, 7) is 3.74. The van der Waals surface area contributed by atoms with E-state index in [2.05, 4.69) is 6.07 Å². The summed E-state index contributed by atoms with van der Waals surface area (Å²) in [5.74, 6) is 0.700. The summed E-state index contributed by atoms with van der Waals surface area (Å²) in [6, 6.07) is 8.89. The zero-order valence-electron chi connectivity index (χ0n) is 9.84. The number of nitro benzene ring substituents is 1. The Bertz CT molecular complexity index is 452. The van der Waals surface area contributed by atoms with Gasteiger partial charge < -0.3 is 0 Å². The van der Waals surface area contributed by atoms with Gasteiger partial charge in [-0.1, -0.05) is 12.1 Å². The Morgan fingerprint density at radius 2 is 2.12 bits per heavy atom. The molecule has 0 N–H and O–H groups in total. The number of nitriles is 1. The first kappa shape index (κ1) is 13.5. The number of rotatable bonds is 5. The summed E-state index contributed by atoms with van der Waals surface area (Å²) in [6.07, 6.45) is 0.709. The van der Waals surface area contributed by atoms with E-state index in [9.17, 15) is 10.1 Å². The number of hydrogen-bond acceptors (Lipinski definition) is 4. The minimum Gasteiger partial charge on any atom is -0.258 e. The normalized spacial score (nSPS) is 10.9. The Balaban J connectivity index is 2.65. The second-order valence-electron chi connectivity index (χ2n) is 4.32. The first-order chi connectivity index (χ1) is 7.96. The van der Waals surface area contributed by atoms with Gasteiger partial charge in [0.25, 0.3) is 5.69 Å². The molecule has 0 fully saturated rings. The molecular weight excluding hydrogens is 236 g/mol. The lowest BCUT2D eigenvalue weighted by Crippen LogP contribution is -2.08. The standard InChI is InChI=1S/C12H14N2O2S/c1-12(2,9-13)7-8-17-11-6-4-3-5-10(11)14(15)16/h3-6H,7-8H2,1-2H3. The zero-order valence-corrected chi connectivity index (χ0v) is 10.7. The van der Waals surface area contributed by atoms with Crippen molar-refractivity contribution < 1.29 is 4.92 Å². The van der Waals surface area contributed by atoms with Crippen LogP contribution >= 0.6 is 11.8 Å². The largest absolute Gasteiger partial charge is 0.282 e. The lowest BCUT2D eigenvalue weighted by Gasteiger charge is -2.13. The maximum absolute atomic E-state index is 10.8. The minimum atomic E-state index is -0.378. The van der Waals surface area contributed by atoms with E-state index in [4.69, 9.17) is 5.26 Å². The van der Waals surface area contributed by atoms with Crippen LogP contribution in [0.1, 0.15) is 20.3 Å². The molecule has 0 unspecified atom stereocenters. The van der Waals surface area contributed by atoms with E-state index in [-0.39, 0.29) is 16.0 Å². The van der Waals surface area contributed by atoms with Crippen LogP contribution in [0.3, 0.4) is 0 Å². The van der Waals surface area contributed by atoms with Crippen LogP contribution < -0.4 is 0 Å². The van der Waals surface area contributed by atoms with Crippen LogP contribution in [0, 0.1) is 26.9 Å². The molecule has 0 aliphatic rings. The third-order valence-corrected chi connectivity index (χ3v) is 3.41. The van der Waals surface area contributed by atoms with Gasteiger partial charge in [-0.2, -0.15) is 5.26 Å². The highest BCUT2D eigenvalue weighted by molar-refractivity contribution is 7.99. The van der Waals surface area contributed by atoms with Crippen molar-refractivity contribution in [2.45, 2.75) is 25.2 Å². The second-order valence-corrected chi connectivity index (χ2v) is 5.46. The van der Waals surface area contributed by atoms with Gasteiger partial charge in [-0.3, -0.25) is 10.1 Å². The van der Waals surface area contributed by atoms with Crippen molar-refractivity contribution >= 4 is 17.4 Å². The highest BCUT2D eigenvalue weighted by Gasteiger charge is 2.18. The van der Waals surface area contributed by atoms with Gasteiger partial charge in [0.05, 0.1) is 21.3 Å². The lowest BCUT2D eigenvalue weighted by atomic mass is 9.93. The molecule has 1 aromatic rings. The molecule has 0 spiro atoms. The highest BCUT2D eigenvalue weighted by atomic mass is 32.2. The Morgan fingerprint density at radius 1 is 1.47 bits per heavy atom. The SMILES string of the molecule is CC(C)(C#N)CCSc1ccccc1[N+](=O)[O-]. The van der Waals surface area contributed by atoms with E-state index in [0.29, 0.717) is 17.1 Å². The molecule has 17 heavy (non-hydrogen) atoms. The van der Waals surface area contributed by atoms with Crippen molar-refractivity contribution in [2.24, 2.45) is 5.41 Å². The van der Waals surface area contributed by atoms with E-state index >= 15 is 0 Å². The molecule has 5 heteroatoms. The maximum Gasteiger partial charge on any atom is 0.282 e. The van der Waals surface area contributed by atoms with Crippen LogP contribution in [0.2, 0.25) is 0 Å². The Morgan fingerprint density at radius 3 is 2.71 bits per heavy atom. The third-order valence-electron chi connectivity index (χ3n) is 2.35. The number of benzene rings is 1. The number of nitrogens with zero attached hydrogens (tertiary/aromatic N) is 2. The molecule has 0 aromatic heterocycles. The summed E-state index contributed by atoms with van der Waals surface area (Å²) in [7, 11) is 0. The van der Waals surface area contributed by atoms with Crippen molar-refractivity contribution in [2.75, 3.05) is 5.75 Å². The van der Waals surface area contributed by atoms with Crippen LogP contribution in [0.5, 0.6) is 0 Å². The quantitative estimate of drug-likeness (QED) is 0.454. The van der Waals surface area contributed by atoms with Crippen LogP contribution in [0.4, 0.5) is 5.69 Å². The van der Waals surface area contributed by atoms with Crippen LogP contribution in [-0.4, -0.2) is 10.7 Å². The molecule has 0 aliphatic carbocycles. The summed E-state index contributed by atoms with van der Waals surface area (Å²) >= 11 is 1.42. The van der Waals surface area contributed by atoms with Crippen LogP contribution in [0.15, 0.2) is 29.2 Å². The third kappa shape index (κ3) is 4.08. The van der Waals surface area contributed by atoms with E-state index in [0.717, 1.165) is 0 Å². The van der Waals surface area contributed by atoms with E-state index in [1.165, 1.54) is 17.8 Å². The molecule has 0 radical (unpaired) electrons. The molecule has 0 aliphatic heterocycles. The fraction of sp³-hybridized carbons (Fsp3) is 0.417. The second kappa shape index (κ2) is 5.69. The fourth-order valence-electron chi connectivity index (χ4n) is 1.20. The number of hydrogen-bond donors (Lipinski definition) is 0. The van der Waals surface area contributed by atoms with Gasteiger partial charge in [-0.15, -0.1) is 11.8 Å². The lowest BCUT2D eigenvalue weighted by molar-refractivity contribution is -0.387. The average Bonchev–Trinajstić information content (AvgIpc) is 2.29. The molecule has 0 bridgehead atoms. The first-order valence-corrected chi connectivity index (χ1v) is 6.22. The predicted molar refractivity (Wildman–Crippen MR) is 67.8 cm³/mol. The Labute approximate surface area is 105 Å². The van der Waals surface area contributed by atoms with Gasteiger partial charge in [-0.05, 0) is 32.1 Å². The molecular formula is C12H14N2O2S. The topological polar surface area (TPSA) is 66.9 Å². The highest BCUT2D eigenvalue weighted by Crippen LogP contribution is 2.31. The first-order valence-electron chi connectivity index (χ1n) is 5.24. The average molecular weight is 250 g/mol. The molecule has 0 atom stereocenters.